The number of carbonyl (C=O) groups is 1. The van der Waals surface area contributed by atoms with Gasteiger partial charge in [-0.25, -0.2) is 9.97 Å². The SMILES string of the molecule is Cn1cc(/C=C/C(=O)N2CCC[C@H](c3nccnc3Nc3ccccn3)C2)cn1. The van der Waals surface area contributed by atoms with E-state index in [1.165, 1.54) is 0 Å². The van der Waals surface area contributed by atoms with E-state index in [0.29, 0.717) is 12.4 Å². The van der Waals surface area contributed by atoms with Gasteiger partial charge in [0.25, 0.3) is 0 Å². The summed E-state index contributed by atoms with van der Waals surface area (Å²) in [6, 6.07) is 5.67. The van der Waals surface area contributed by atoms with Gasteiger partial charge in [0, 0.05) is 62.5 Å². The molecule has 148 valence electrons. The molecule has 1 N–H and O–H groups in total. The maximum Gasteiger partial charge on any atom is 0.246 e. The van der Waals surface area contributed by atoms with Gasteiger partial charge in [0.15, 0.2) is 5.82 Å². The number of amides is 1. The van der Waals surface area contributed by atoms with Crippen LogP contribution in [0.5, 0.6) is 0 Å². The number of nitrogens with one attached hydrogen (secondary N) is 1. The first-order valence-electron chi connectivity index (χ1n) is 9.63. The van der Waals surface area contributed by atoms with E-state index in [4.69, 9.17) is 0 Å². The second kappa shape index (κ2) is 8.64. The smallest absolute Gasteiger partial charge is 0.246 e. The lowest BCUT2D eigenvalue weighted by molar-refractivity contribution is -0.127. The fourth-order valence-electron chi connectivity index (χ4n) is 3.50. The Morgan fingerprint density at radius 1 is 1.21 bits per heavy atom. The second-order valence-corrected chi connectivity index (χ2v) is 7.03. The summed E-state index contributed by atoms with van der Waals surface area (Å²) in [6.07, 6.45) is 14.0. The summed E-state index contributed by atoms with van der Waals surface area (Å²) in [7, 11) is 1.85. The van der Waals surface area contributed by atoms with Crippen molar-refractivity contribution in [1.29, 1.82) is 0 Å². The topological polar surface area (TPSA) is 88.8 Å². The first-order chi connectivity index (χ1) is 14.2. The van der Waals surface area contributed by atoms with Gasteiger partial charge in [0.2, 0.25) is 5.91 Å². The molecule has 1 amide bonds. The van der Waals surface area contributed by atoms with E-state index in [0.717, 1.165) is 36.5 Å². The molecule has 0 aromatic carbocycles. The van der Waals surface area contributed by atoms with Crippen molar-refractivity contribution in [3.05, 3.63) is 66.5 Å². The summed E-state index contributed by atoms with van der Waals surface area (Å²) < 4.78 is 1.71. The second-order valence-electron chi connectivity index (χ2n) is 7.03. The Labute approximate surface area is 169 Å². The van der Waals surface area contributed by atoms with Crippen molar-refractivity contribution in [2.75, 3.05) is 18.4 Å². The molecule has 8 nitrogen and oxygen atoms in total. The van der Waals surface area contributed by atoms with Crippen molar-refractivity contribution < 1.29 is 4.79 Å². The molecule has 1 saturated heterocycles. The Hall–Kier alpha value is -3.55. The third-order valence-corrected chi connectivity index (χ3v) is 4.90. The van der Waals surface area contributed by atoms with Crippen molar-refractivity contribution in [2.24, 2.45) is 7.05 Å². The van der Waals surface area contributed by atoms with Crippen molar-refractivity contribution in [3.8, 4) is 0 Å². The minimum Gasteiger partial charge on any atom is -0.338 e. The molecule has 0 unspecified atom stereocenters. The van der Waals surface area contributed by atoms with E-state index in [1.54, 1.807) is 41.6 Å². The fraction of sp³-hybridized carbons (Fsp3) is 0.286. The van der Waals surface area contributed by atoms with E-state index < -0.39 is 0 Å². The van der Waals surface area contributed by atoms with Crippen LogP contribution in [0.25, 0.3) is 6.08 Å². The van der Waals surface area contributed by atoms with Gasteiger partial charge in [-0.3, -0.25) is 14.5 Å². The summed E-state index contributed by atoms with van der Waals surface area (Å²) in [5.41, 5.74) is 1.78. The van der Waals surface area contributed by atoms with Gasteiger partial charge in [-0.1, -0.05) is 6.07 Å². The van der Waals surface area contributed by atoms with E-state index >= 15 is 0 Å². The van der Waals surface area contributed by atoms with Crippen LogP contribution in [0.15, 0.2) is 55.3 Å². The normalized spacial score (nSPS) is 16.9. The first-order valence-corrected chi connectivity index (χ1v) is 9.63. The number of likely N-dealkylation sites (tertiary alicyclic amines) is 1. The maximum absolute atomic E-state index is 12.7. The molecule has 0 aliphatic carbocycles. The summed E-state index contributed by atoms with van der Waals surface area (Å²) in [6.45, 7) is 1.36. The van der Waals surface area contributed by atoms with E-state index in [-0.39, 0.29) is 11.8 Å². The molecule has 1 aliphatic heterocycles. The molecule has 0 radical (unpaired) electrons. The highest BCUT2D eigenvalue weighted by molar-refractivity contribution is 5.91. The van der Waals surface area contributed by atoms with Crippen LogP contribution in [-0.4, -0.2) is 48.6 Å². The molecule has 3 aromatic heterocycles. The molecule has 0 spiro atoms. The zero-order valence-electron chi connectivity index (χ0n) is 16.3. The van der Waals surface area contributed by atoms with Gasteiger partial charge in [-0.2, -0.15) is 5.10 Å². The molecular formula is C21H23N7O. The predicted molar refractivity (Wildman–Crippen MR) is 110 cm³/mol. The lowest BCUT2D eigenvalue weighted by Crippen LogP contribution is -2.38. The molecular weight excluding hydrogens is 366 g/mol. The number of nitrogens with zero attached hydrogens (tertiary/aromatic N) is 6. The van der Waals surface area contributed by atoms with Crippen LogP contribution in [0.2, 0.25) is 0 Å². The number of hydrogen-bond donors (Lipinski definition) is 1. The average Bonchev–Trinajstić information content (AvgIpc) is 3.18. The lowest BCUT2D eigenvalue weighted by atomic mass is 9.94. The highest BCUT2D eigenvalue weighted by atomic mass is 16.2. The Morgan fingerprint density at radius 3 is 2.90 bits per heavy atom. The summed E-state index contributed by atoms with van der Waals surface area (Å²) in [5, 5.41) is 7.37. The maximum atomic E-state index is 12.7. The number of rotatable bonds is 5. The highest BCUT2D eigenvalue weighted by Gasteiger charge is 2.27. The first kappa shape index (κ1) is 18.8. The molecule has 8 heteroatoms. The van der Waals surface area contributed by atoms with Crippen molar-refractivity contribution in [2.45, 2.75) is 18.8 Å². The van der Waals surface area contributed by atoms with Crippen molar-refractivity contribution in [3.63, 3.8) is 0 Å². The van der Waals surface area contributed by atoms with E-state index in [2.05, 4.69) is 25.4 Å². The van der Waals surface area contributed by atoms with Crippen molar-refractivity contribution >= 4 is 23.6 Å². The van der Waals surface area contributed by atoms with Gasteiger partial charge in [-0.05, 0) is 31.1 Å². The van der Waals surface area contributed by atoms with Crippen LogP contribution in [0.1, 0.15) is 30.0 Å². The van der Waals surface area contributed by atoms with E-state index in [1.807, 2.05) is 36.3 Å². The van der Waals surface area contributed by atoms with Crippen LogP contribution in [-0.2, 0) is 11.8 Å². The monoisotopic (exact) mass is 389 g/mol. The largest absolute Gasteiger partial charge is 0.338 e. The van der Waals surface area contributed by atoms with Crippen LogP contribution in [0.4, 0.5) is 11.6 Å². The van der Waals surface area contributed by atoms with Crippen LogP contribution >= 0.6 is 0 Å². The Morgan fingerprint density at radius 2 is 2.10 bits per heavy atom. The number of carbonyl (C=O) groups excluding carboxylic acids is 1. The van der Waals surface area contributed by atoms with Gasteiger partial charge in [0.05, 0.1) is 11.9 Å². The fourth-order valence-corrected chi connectivity index (χ4v) is 3.50. The summed E-state index contributed by atoms with van der Waals surface area (Å²) in [4.78, 5) is 27.9. The zero-order chi connectivity index (χ0) is 20.1. The zero-order valence-corrected chi connectivity index (χ0v) is 16.3. The lowest BCUT2D eigenvalue weighted by Gasteiger charge is -2.32. The number of anilines is 2. The molecule has 4 rings (SSSR count). The standard InChI is InChI=1S/C21H23N7O/c1-27-14-16(13-25-27)7-8-19(29)28-12-4-5-17(15-28)20-21(24-11-10-23-20)26-18-6-2-3-9-22-18/h2-3,6-11,13-14,17H,4-5,12,15H2,1H3,(H,22,24,26)/b8-7+/t17-/m0/s1. The van der Waals surface area contributed by atoms with Crippen LogP contribution in [0, 0.1) is 0 Å². The molecule has 29 heavy (non-hydrogen) atoms. The van der Waals surface area contributed by atoms with Gasteiger partial charge >= 0.3 is 0 Å². The molecule has 1 atom stereocenters. The average molecular weight is 389 g/mol. The number of aryl methyl sites for hydroxylation is 1. The van der Waals surface area contributed by atoms with Gasteiger partial charge < -0.3 is 10.2 Å². The summed E-state index contributed by atoms with van der Waals surface area (Å²) >= 11 is 0. The Bertz CT molecular complexity index is 999. The number of hydrogen-bond acceptors (Lipinski definition) is 6. The van der Waals surface area contributed by atoms with Gasteiger partial charge in [0.1, 0.15) is 5.82 Å². The third-order valence-electron chi connectivity index (χ3n) is 4.90. The van der Waals surface area contributed by atoms with Gasteiger partial charge in [-0.15, -0.1) is 0 Å². The third kappa shape index (κ3) is 4.66. The van der Waals surface area contributed by atoms with Crippen LogP contribution < -0.4 is 5.32 Å². The van der Waals surface area contributed by atoms with Crippen LogP contribution in [0.3, 0.4) is 0 Å². The minimum absolute atomic E-state index is 0.00155. The molecule has 1 fully saturated rings. The number of aromatic nitrogens is 5. The quantitative estimate of drug-likeness (QED) is 0.675. The van der Waals surface area contributed by atoms with E-state index in [9.17, 15) is 4.79 Å². The van der Waals surface area contributed by atoms with Crippen molar-refractivity contribution in [1.82, 2.24) is 29.6 Å². The number of pyridine rings is 1. The molecule has 1 aliphatic rings. The minimum atomic E-state index is 0.00155. The number of piperidine rings is 1. The predicted octanol–water partition coefficient (Wildman–Crippen LogP) is 2.77. The molecule has 0 bridgehead atoms. The molecule has 0 saturated carbocycles. The highest BCUT2D eigenvalue weighted by Crippen LogP contribution is 2.30. The summed E-state index contributed by atoms with van der Waals surface area (Å²) in [5.74, 6) is 1.54. The molecule has 4 heterocycles. The Kier molecular flexibility index (Phi) is 5.60. The Balaban J connectivity index is 1.47. The molecule has 3 aromatic rings.